The first-order valence-corrected chi connectivity index (χ1v) is 7.09. The van der Waals surface area contributed by atoms with Gasteiger partial charge in [-0.3, -0.25) is 4.72 Å². The summed E-state index contributed by atoms with van der Waals surface area (Å²) in [4.78, 5) is -0.113. The summed E-state index contributed by atoms with van der Waals surface area (Å²) >= 11 is 0. The molecule has 0 aliphatic carbocycles. The molecule has 0 saturated heterocycles. The monoisotopic (exact) mass is 299 g/mol. The van der Waals surface area contributed by atoms with Gasteiger partial charge in [-0.25, -0.2) is 17.2 Å². The lowest BCUT2D eigenvalue weighted by Crippen LogP contribution is -2.14. The van der Waals surface area contributed by atoms with Crippen LogP contribution in [0.1, 0.15) is 5.56 Å². The average molecular weight is 299 g/mol. The molecule has 0 unspecified atom stereocenters. The van der Waals surface area contributed by atoms with Gasteiger partial charge in [0, 0.05) is 0 Å². The van der Waals surface area contributed by atoms with Gasteiger partial charge in [0.1, 0.15) is 0 Å². The lowest BCUT2D eigenvalue weighted by Gasteiger charge is -2.09. The number of hydrogen-bond donors (Lipinski definition) is 2. The van der Waals surface area contributed by atoms with Crippen molar-refractivity contribution in [2.75, 3.05) is 4.72 Å². The van der Waals surface area contributed by atoms with Gasteiger partial charge in [0.05, 0.1) is 17.2 Å². The zero-order valence-electron chi connectivity index (χ0n) is 10.2. The van der Waals surface area contributed by atoms with E-state index in [1.807, 2.05) is 4.72 Å². The number of aliphatic hydroxyl groups excluding tert-OH is 1. The molecule has 0 fully saturated rings. The molecule has 2 aromatic rings. The SMILES string of the molecule is O=S(=O)(Nc1cccc(F)c1F)c1ccc(CO)cc1. The van der Waals surface area contributed by atoms with Crippen molar-refractivity contribution < 1.29 is 22.3 Å². The number of hydrogen-bond acceptors (Lipinski definition) is 3. The van der Waals surface area contributed by atoms with Gasteiger partial charge in [-0.1, -0.05) is 18.2 Å². The first-order chi connectivity index (χ1) is 9.44. The van der Waals surface area contributed by atoms with E-state index in [1.54, 1.807) is 0 Å². The molecule has 0 radical (unpaired) electrons. The van der Waals surface area contributed by atoms with Crippen LogP contribution in [-0.4, -0.2) is 13.5 Å². The third kappa shape index (κ3) is 2.94. The summed E-state index contributed by atoms with van der Waals surface area (Å²) < 4.78 is 52.4. The third-order valence-electron chi connectivity index (χ3n) is 2.61. The van der Waals surface area contributed by atoms with Crippen molar-refractivity contribution in [3.05, 3.63) is 59.7 Å². The molecule has 0 aromatic heterocycles. The molecule has 0 saturated carbocycles. The average Bonchev–Trinajstić information content (AvgIpc) is 2.44. The normalized spacial score (nSPS) is 11.3. The van der Waals surface area contributed by atoms with Gasteiger partial charge in [-0.15, -0.1) is 0 Å². The molecule has 0 amide bonds. The Morgan fingerprint density at radius 1 is 1.05 bits per heavy atom. The van der Waals surface area contributed by atoms with Crippen LogP contribution in [0.3, 0.4) is 0 Å². The van der Waals surface area contributed by atoms with Crippen LogP contribution in [0.15, 0.2) is 47.4 Å². The Morgan fingerprint density at radius 3 is 2.30 bits per heavy atom. The maximum absolute atomic E-state index is 13.4. The summed E-state index contributed by atoms with van der Waals surface area (Å²) in [7, 11) is -4.02. The zero-order valence-corrected chi connectivity index (χ0v) is 11.0. The van der Waals surface area contributed by atoms with Crippen molar-refractivity contribution in [2.24, 2.45) is 0 Å². The Balaban J connectivity index is 2.33. The largest absolute Gasteiger partial charge is 0.392 e. The number of anilines is 1. The van der Waals surface area contributed by atoms with Gasteiger partial charge >= 0.3 is 0 Å². The number of rotatable bonds is 4. The van der Waals surface area contributed by atoms with Crippen molar-refractivity contribution in [3.63, 3.8) is 0 Å². The molecule has 106 valence electrons. The molecule has 0 aliphatic rings. The van der Waals surface area contributed by atoms with Crippen LogP contribution in [-0.2, 0) is 16.6 Å². The van der Waals surface area contributed by atoms with E-state index < -0.39 is 27.3 Å². The van der Waals surface area contributed by atoms with Crippen LogP contribution in [0, 0.1) is 11.6 Å². The second kappa shape index (κ2) is 5.56. The van der Waals surface area contributed by atoms with E-state index in [4.69, 9.17) is 5.11 Å². The maximum atomic E-state index is 13.4. The van der Waals surface area contributed by atoms with Gasteiger partial charge < -0.3 is 5.11 Å². The first-order valence-electron chi connectivity index (χ1n) is 5.60. The van der Waals surface area contributed by atoms with E-state index in [1.165, 1.54) is 30.3 Å². The second-order valence-corrected chi connectivity index (χ2v) is 5.69. The highest BCUT2D eigenvalue weighted by Gasteiger charge is 2.17. The number of aliphatic hydroxyl groups is 1. The fourth-order valence-corrected chi connectivity index (χ4v) is 2.62. The molecule has 20 heavy (non-hydrogen) atoms. The minimum atomic E-state index is -4.02. The molecular formula is C13H11F2NO3S. The Hall–Kier alpha value is -1.99. The Bertz CT molecular complexity index is 715. The topological polar surface area (TPSA) is 66.4 Å². The Kier molecular flexibility index (Phi) is 4.01. The first kappa shape index (κ1) is 14.4. The van der Waals surface area contributed by atoms with E-state index >= 15 is 0 Å². The highest BCUT2D eigenvalue weighted by Crippen LogP contribution is 2.21. The maximum Gasteiger partial charge on any atom is 0.261 e. The lowest BCUT2D eigenvalue weighted by atomic mass is 10.2. The van der Waals surface area contributed by atoms with Gasteiger partial charge in [0.15, 0.2) is 11.6 Å². The summed E-state index contributed by atoms with van der Waals surface area (Å²) in [6.07, 6.45) is 0. The third-order valence-corrected chi connectivity index (χ3v) is 3.99. The summed E-state index contributed by atoms with van der Waals surface area (Å²) in [5.41, 5.74) is 0.0807. The minimum absolute atomic E-state index is 0.113. The van der Waals surface area contributed by atoms with Gasteiger partial charge in [0.2, 0.25) is 0 Å². The second-order valence-electron chi connectivity index (χ2n) is 4.01. The predicted molar refractivity (Wildman–Crippen MR) is 69.5 cm³/mol. The Morgan fingerprint density at radius 2 is 1.70 bits per heavy atom. The van der Waals surface area contributed by atoms with E-state index in [9.17, 15) is 17.2 Å². The van der Waals surface area contributed by atoms with Crippen LogP contribution in [0.4, 0.5) is 14.5 Å². The predicted octanol–water partition coefficient (Wildman–Crippen LogP) is 2.26. The summed E-state index contributed by atoms with van der Waals surface area (Å²) in [5, 5.41) is 8.88. The molecule has 0 atom stereocenters. The molecule has 2 rings (SSSR count). The molecule has 2 N–H and O–H groups in total. The molecule has 0 bridgehead atoms. The summed E-state index contributed by atoms with van der Waals surface area (Å²) in [6.45, 7) is -0.216. The van der Waals surface area contributed by atoms with Gasteiger partial charge in [-0.05, 0) is 29.8 Å². The molecule has 0 aliphatic heterocycles. The molecule has 2 aromatic carbocycles. The van der Waals surface area contributed by atoms with E-state index in [-0.39, 0.29) is 11.5 Å². The van der Waals surface area contributed by atoms with Crippen LogP contribution in [0.2, 0.25) is 0 Å². The quantitative estimate of drug-likeness (QED) is 0.910. The molecule has 0 spiro atoms. The van der Waals surface area contributed by atoms with Crippen molar-refractivity contribution in [1.29, 1.82) is 0 Å². The smallest absolute Gasteiger partial charge is 0.261 e. The Labute approximate surface area is 114 Å². The van der Waals surface area contributed by atoms with Gasteiger partial charge in [0.25, 0.3) is 10.0 Å². The minimum Gasteiger partial charge on any atom is -0.392 e. The lowest BCUT2D eigenvalue weighted by molar-refractivity contribution is 0.282. The fourth-order valence-electron chi connectivity index (χ4n) is 1.56. The van der Waals surface area contributed by atoms with E-state index in [0.29, 0.717) is 5.56 Å². The van der Waals surface area contributed by atoms with E-state index in [0.717, 1.165) is 12.1 Å². The molecule has 4 nitrogen and oxygen atoms in total. The number of halogens is 2. The number of sulfonamides is 1. The van der Waals surface area contributed by atoms with E-state index in [2.05, 4.69) is 0 Å². The number of nitrogens with one attached hydrogen (secondary N) is 1. The summed E-state index contributed by atoms with van der Waals surface area (Å²) in [6, 6.07) is 8.61. The summed E-state index contributed by atoms with van der Waals surface area (Å²) in [5.74, 6) is -2.40. The van der Waals surface area contributed by atoms with Crippen LogP contribution in [0.5, 0.6) is 0 Å². The molecular weight excluding hydrogens is 288 g/mol. The van der Waals surface area contributed by atoms with Gasteiger partial charge in [-0.2, -0.15) is 0 Å². The van der Waals surface area contributed by atoms with Crippen molar-refractivity contribution in [1.82, 2.24) is 0 Å². The number of benzene rings is 2. The molecule has 7 heteroatoms. The fraction of sp³-hybridized carbons (Fsp3) is 0.0769. The van der Waals surface area contributed by atoms with Crippen molar-refractivity contribution in [3.8, 4) is 0 Å². The highest BCUT2D eigenvalue weighted by molar-refractivity contribution is 7.92. The zero-order chi connectivity index (χ0) is 14.8. The van der Waals surface area contributed by atoms with Crippen LogP contribution < -0.4 is 4.72 Å². The van der Waals surface area contributed by atoms with Crippen molar-refractivity contribution >= 4 is 15.7 Å². The molecule has 0 heterocycles. The van der Waals surface area contributed by atoms with Crippen LogP contribution in [0.25, 0.3) is 0 Å². The highest BCUT2D eigenvalue weighted by atomic mass is 32.2. The van der Waals surface area contributed by atoms with Crippen molar-refractivity contribution in [2.45, 2.75) is 11.5 Å². The van der Waals surface area contributed by atoms with Crippen LogP contribution >= 0.6 is 0 Å². The standard InChI is InChI=1S/C13H11F2NO3S/c14-11-2-1-3-12(13(11)15)16-20(18,19)10-6-4-9(8-17)5-7-10/h1-7,16-17H,8H2.